The second kappa shape index (κ2) is 18.6. The van der Waals surface area contributed by atoms with Crippen molar-refractivity contribution in [1.29, 1.82) is 0 Å². The number of carbonyl (C=O) groups is 6. The van der Waals surface area contributed by atoms with Crippen LogP contribution in [0.2, 0.25) is 0 Å². The lowest BCUT2D eigenvalue weighted by Crippen LogP contribution is -2.67. The fraction of sp³-hybridized carbons (Fsp3) is 0.769. The standard InChI is InChI=1S/C14H20N4O8.C12H18N4O6/c1-6(19)16-11-13(25-9(4)22)12(24-8(3)21)10(5-23-7(2)20)26-14(11)17-18-15;1-5(17)14-9-11(20-6(2)18)10-8(4-19-7(3)21-10)22-12(9)15-16-13/h10-14H,5H2,1-4H3,(H,16,19);7-12H,4H2,1-3H3,(H,14,17)/t10?,11?,12-,13-,14-;7?,8?,9?,10-,11-,12-/m11/s1. The Kier molecular flexibility index (Phi) is 15.3. The third kappa shape index (κ3) is 11.8. The van der Waals surface area contributed by atoms with Gasteiger partial charge < -0.3 is 48.5 Å². The van der Waals surface area contributed by atoms with E-state index in [1.807, 2.05) is 0 Å². The van der Waals surface area contributed by atoms with Gasteiger partial charge in [-0.05, 0) is 18.0 Å². The van der Waals surface area contributed by atoms with E-state index in [-0.39, 0.29) is 19.1 Å². The van der Waals surface area contributed by atoms with Gasteiger partial charge in [-0.1, -0.05) is 10.2 Å². The highest BCUT2D eigenvalue weighted by Gasteiger charge is 2.52. The first-order valence-electron chi connectivity index (χ1n) is 14.4. The van der Waals surface area contributed by atoms with Crippen molar-refractivity contribution in [3.05, 3.63) is 20.9 Å². The molecule has 2 N–H and O–H groups in total. The van der Waals surface area contributed by atoms with Crippen LogP contribution in [0.4, 0.5) is 0 Å². The van der Waals surface area contributed by atoms with Crippen molar-refractivity contribution < 1.29 is 66.7 Å². The van der Waals surface area contributed by atoms with E-state index in [1.165, 1.54) is 20.8 Å². The van der Waals surface area contributed by atoms with Crippen LogP contribution in [-0.4, -0.2) is 116 Å². The lowest BCUT2D eigenvalue weighted by molar-refractivity contribution is -0.307. The molecule has 3 aliphatic rings. The molecule has 3 rings (SSSR count). The molecule has 0 aromatic rings. The molecule has 0 saturated carbocycles. The summed E-state index contributed by atoms with van der Waals surface area (Å²) in [7, 11) is 0. The minimum atomic E-state index is -1.29. The van der Waals surface area contributed by atoms with E-state index in [0.717, 1.165) is 20.8 Å². The molecule has 2 amide bonds. The zero-order chi connectivity index (χ0) is 36.1. The van der Waals surface area contributed by atoms with E-state index >= 15 is 0 Å². The van der Waals surface area contributed by atoms with Crippen molar-refractivity contribution >= 4 is 35.7 Å². The Labute approximate surface area is 273 Å². The molecule has 48 heavy (non-hydrogen) atoms. The van der Waals surface area contributed by atoms with Crippen LogP contribution in [0.1, 0.15) is 48.5 Å². The molecule has 0 aromatic heterocycles. The summed E-state index contributed by atoms with van der Waals surface area (Å²) >= 11 is 0. The van der Waals surface area contributed by atoms with Gasteiger partial charge in [-0.3, -0.25) is 28.8 Å². The van der Waals surface area contributed by atoms with Gasteiger partial charge in [0.05, 0.1) is 6.61 Å². The number of azide groups is 2. The van der Waals surface area contributed by atoms with Crippen LogP contribution in [0.15, 0.2) is 10.2 Å². The van der Waals surface area contributed by atoms with Gasteiger partial charge in [0.1, 0.15) is 37.0 Å². The molecule has 22 heteroatoms. The Balaban J connectivity index is 0.000000338. The zero-order valence-corrected chi connectivity index (χ0v) is 27.2. The van der Waals surface area contributed by atoms with Gasteiger partial charge in [0.2, 0.25) is 11.8 Å². The number of carbonyl (C=O) groups excluding carboxylic acids is 6. The third-order valence-corrected chi connectivity index (χ3v) is 6.60. The van der Waals surface area contributed by atoms with Gasteiger partial charge >= 0.3 is 23.9 Å². The molecule has 0 bridgehead atoms. The van der Waals surface area contributed by atoms with Gasteiger partial charge in [-0.2, -0.15) is 0 Å². The number of esters is 4. The molecule has 0 spiro atoms. The molecule has 0 aromatic carbocycles. The van der Waals surface area contributed by atoms with Gasteiger partial charge in [0.25, 0.3) is 0 Å². The first-order chi connectivity index (χ1) is 22.6. The summed E-state index contributed by atoms with van der Waals surface area (Å²) in [4.78, 5) is 73.7. The maximum atomic E-state index is 11.5. The molecule has 3 heterocycles. The Morgan fingerprint density at radius 2 is 1.19 bits per heavy atom. The predicted molar refractivity (Wildman–Crippen MR) is 154 cm³/mol. The monoisotopic (exact) mass is 686 g/mol. The summed E-state index contributed by atoms with van der Waals surface area (Å²) in [5.74, 6) is -3.49. The first kappa shape index (κ1) is 39.5. The quantitative estimate of drug-likeness (QED) is 0.107. The molecule has 3 aliphatic heterocycles. The minimum absolute atomic E-state index is 0.202. The highest BCUT2D eigenvalue weighted by Crippen LogP contribution is 2.31. The summed E-state index contributed by atoms with van der Waals surface area (Å²) in [5, 5.41) is 12.0. The Morgan fingerprint density at radius 1 is 0.708 bits per heavy atom. The van der Waals surface area contributed by atoms with E-state index in [9.17, 15) is 28.8 Å². The van der Waals surface area contributed by atoms with E-state index in [2.05, 4.69) is 30.7 Å². The van der Waals surface area contributed by atoms with Crippen molar-refractivity contribution in [3.8, 4) is 0 Å². The van der Waals surface area contributed by atoms with Gasteiger partial charge in [-0.25, -0.2) is 0 Å². The SMILES string of the molecule is CC(=O)NC1[C@H](N=[N+]=[N-])OC(COC(C)=O)[C@@H](OC(C)=O)[C@@H]1OC(C)=O.CC(=O)NC1[C@H](N=[N+]=[N-])OC2COC(C)O[C@H]2[C@@H]1OC(C)=O. The summed E-state index contributed by atoms with van der Waals surface area (Å²) in [5.41, 5.74) is 17.4. The van der Waals surface area contributed by atoms with Crippen molar-refractivity contribution in [2.24, 2.45) is 10.2 Å². The average Bonchev–Trinajstić information content (AvgIpc) is 2.96. The Hall–Kier alpha value is -4.72. The molecule has 11 atom stereocenters. The number of amides is 2. The fourth-order valence-electron chi connectivity index (χ4n) is 5.04. The summed E-state index contributed by atoms with van der Waals surface area (Å²) in [6.07, 6.45) is -8.40. The molecule has 3 fully saturated rings. The molecule has 22 nitrogen and oxygen atoms in total. The van der Waals surface area contributed by atoms with Gasteiger partial charge in [0, 0.05) is 51.4 Å². The van der Waals surface area contributed by atoms with E-state index in [1.54, 1.807) is 6.92 Å². The van der Waals surface area contributed by atoms with E-state index in [0.29, 0.717) is 0 Å². The van der Waals surface area contributed by atoms with Crippen LogP contribution in [0.5, 0.6) is 0 Å². The highest BCUT2D eigenvalue weighted by molar-refractivity contribution is 5.74. The molecular weight excluding hydrogens is 648 g/mol. The molecule has 0 aliphatic carbocycles. The van der Waals surface area contributed by atoms with Crippen LogP contribution in [0, 0.1) is 0 Å². The first-order valence-corrected chi connectivity index (χ1v) is 14.4. The highest BCUT2D eigenvalue weighted by atomic mass is 16.7. The Morgan fingerprint density at radius 3 is 1.67 bits per heavy atom. The van der Waals surface area contributed by atoms with Crippen LogP contribution in [0.25, 0.3) is 20.9 Å². The number of rotatable bonds is 9. The molecule has 5 unspecified atom stereocenters. The fourth-order valence-corrected chi connectivity index (χ4v) is 5.04. The maximum Gasteiger partial charge on any atom is 0.303 e. The predicted octanol–water partition coefficient (Wildman–Crippen LogP) is 0.172. The van der Waals surface area contributed by atoms with Crippen LogP contribution >= 0.6 is 0 Å². The normalized spacial score (nSPS) is 32.0. The van der Waals surface area contributed by atoms with E-state index < -0.39 is 97.2 Å². The topological polar surface area (TPSA) is 298 Å². The summed E-state index contributed by atoms with van der Waals surface area (Å²) in [6.45, 7) is 8.71. The van der Waals surface area contributed by atoms with Crippen molar-refractivity contribution in [2.45, 2.75) is 116 Å². The van der Waals surface area contributed by atoms with Crippen LogP contribution in [-0.2, 0) is 66.7 Å². The van der Waals surface area contributed by atoms with Gasteiger partial charge in [-0.15, -0.1) is 0 Å². The number of ether oxygens (including phenoxy) is 8. The molecule has 266 valence electrons. The third-order valence-electron chi connectivity index (χ3n) is 6.60. The van der Waals surface area contributed by atoms with E-state index in [4.69, 9.17) is 49.0 Å². The second-order valence-corrected chi connectivity index (χ2v) is 10.5. The number of fused-ring (bicyclic) bond motifs is 1. The number of hydrogen-bond acceptors (Lipinski definition) is 16. The maximum absolute atomic E-state index is 11.5. The number of nitrogens with one attached hydrogen (secondary N) is 2. The Bertz CT molecular complexity index is 1300. The average molecular weight is 687 g/mol. The summed E-state index contributed by atoms with van der Waals surface area (Å²) < 4.78 is 42.7. The number of nitrogens with zero attached hydrogens (tertiary/aromatic N) is 6. The summed E-state index contributed by atoms with van der Waals surface area (Å²) in [6, 6.07) is -1.96. The van der Waals surface area contributed by atoms with Gasteiger partial charge in [0.15, 0.2) is 37.1 Å². The van der Waals surface area contributed by atoms with Crippen molar-refractivity contribution in [3.63, 3.8) is 0 Å². The minimum Gasteiger partial charge on any atom is -0.463 e. The second-order valence-electron chi connectivity index (χ2n) is 10.5. The smallest absolute Gasteiger partial charge is 0.303 e. The lowest BCUT2D eigenvalue weighted by atomic mass is 9.95. The molecule has 0 radical (unpaired) electrons. The number of hydrogen-bond donors (Lipinski definition) is 2. The zero-order valence-electron chi connectivity index (χ0n) is 27.2. The molecule has 3 saturated heterocycles. The van der Waals surface area contributed by atoms with Crippen LogP contribution < -0.4 is 10.6 Å². The van der Waals surface area contributed by atoms with Crippen LogP contribution in [0.3, 0.4) is 0 Å². The lowest BCUT2D eigenvalue weighted by Gasteiger charge is -2.47. The van der Waals surface area contributed by atoms with Crippen molar-refractivity contribution in [1.82, 2.24) is 10.6 Å². The van der Waals surface area contributed by atoms with Crippen molar-refractivity contribution in [2.75, 3.05) is 13.2 Å². The molecular formula is C26H38N8O14. The largest absolute Gasteiger partial charge is 0.463 e.